The average Bonchev–Trinajstić information content (AvgIpc) is 3.03. The van der Waals surface area contributed by atoms with E-state index in [9.17, 15) is 18.4 Å². The molecule has 1 N–H and O–H groups in total. The van der Waals surface area contributed by atoms with Crippen molar-refractivity contribution in [3.63, 3.8) is 0 Å². The van der Waals surface area contributed by atoms with Crippen molar-refractivity contribution in [2.24, 2.45) is 9.98 Å². The van der Waals surface area contributed by atoms with Crippen molar-refractivity contribution >= 4 is 27.7 Å². The highest BCUT2D eigenvalue weighted by molar-refractivity contribution is 9.10. The molecule has 154 valence electrons. The Morgan fingerprint density at radius 2 is 1.93 bits per heavy atom. The molecule has 2 aromatic carbocycles. The molecule has 0 fully saturated rings. The zero-order valence-electron chi connectivity index (χ0n) is 15.4. The number of ether oxygens (including phenoxy) is 1. The molecule has 0 saturated heterocycles. The maximum atomic E-state index is 12.6. The molecule has 0 amide bonds. The lowest BCUT2D eigenvalue weighted by Gasteiger charge is -2.33. The second-order valence-electron chi connectivity index (χ2n) is 6.68. The molecule has 4 rings (SSSR count). The number of amidine groups is 1. The number of rotatable bonds is 3. The van der Waals surface area contributed by atoms with E-state index in [-0.39, 0.29) is 5.75 Å². The molecule has 0 saturated carbocycles. The minimum Gasteiger partial charge on any atom is -0.406 e. The molecule has 0 radical (unpaired) electrons. The molecule has 0 aliphatic carbocycles. The lowest BCUT2D eigenvalue weighted by Crippen LogP contribution is -2.47. The Bertz CT molecular complexity index is 1060. The third kappa shape index (κ3) is 3.61. The Labute approximate surface area is 178 Å². The standard InChI is InChI=1S/C20H15BrF3N5O/c21-15-4-1-3-14(11-15)19(13-5-7-16(8-6-13)30-20(22,23)24)17-26-9-2-10-29(17)18(28-19)27-12-25/h1,3-8,11H,2,9-10H2,(H,27,28). The SMILES string of the molecule is N#CNC1=NC(c2ccc(OC(F)(F)F)cc2)(c2cccc(Br)c2)C2=NCCCN12. The number of nitrogens with zero attached hydrogens (tertiary/aromatic N) is 4. The quantitative estimate of drug-likeness (QED) is 0.532. The molecular formula is C20H15BrF3N5O. The van der Waals surface area contributed by atoms with Gasteiger partial charge in [-0.3, -0.25) is 15.2 Å². The van der Waals surface area contributed by atoms with Gasteiger partial charge >= 0.3 is 6.36 Å². The first-order chi connectivity index (χ1) is 14.3. The van der Waals surface area contributed by atoms with Gasteiger partial charge in [0, 0.05) is 17.6 Å². The van der Waals surface area contributed by atoms with Crippen LogP contribution in [0.2, 0.25) is 0 Å². The molecule has 2 heterocycles. The van der Waals surface area contributed by atoms with Gasteiger partial charge in [-0.2, -0.15) is 5.26 Å². The number of fused-ring (bicyclic) bond motifs is 1. The molecule has 10 heteroatoms. The van der Waals surface area contributed by atoms with Crippen LogP contribution in [-0.2, 0) is 5.54 Å². The van der Waals surface area contributed by atoms with Crippen LogP contribution < -0.4 is 10.1 Å². The summed E-state index contributed by atoms with van der Waals surface area (Å²) in [5.41, 5.74) is 0.262. The molecule has 1 atom stereocenters. The minimum absolute atomic E-state index is 0.324. The van der Waals surface area contributed by atoms with Gasteiger partial charge in [0.25, 0.3) is 0 Å². The largest absolute Gasteiger partial charge is 0.573 e. The lowest BCUT2D eigenvalue weighted by molar-refractivity contribution is -0.274. The van der Waals surface area contributed by atoms with Crippen molar-refractivity contribution in [2.45, 2.75) is 18.3 Å². The van der Waals surface area contributed by atoms with Crippen LogP contribution in [0.4, 0.5) is 13.2 Å². The summed E-state index contributed by atoms with van der Waals surface area (Å²) in [6.07, 6.45) is -2.08. The molecular weight excluding hydrogens is 463 g/mol. The van der Waals surface area contributed by atoms with E-state index in [2.05, 4.69) is 26.0 Å². The lowest BCUT2D eigenvalue weighted by atomic mass is 9.82. The first-order valence-corrected chi connectivity index (χ1v) is 9.82. The number of hydrogen-bond acceptors (Lipinski definition) is 6. The minimum atomic E-state index is -4.77. The van der Waals surface area contributed by atoms with E-state index in [0.29, 0.717) is 30.4 Å². The summed E-state index contributed by atoms with van der Waals surface area (Å²) < 4.78 is 42.5. The predicted octanol–water partition coefficient (Wildman–Crippen LogP) is 4.14. The number of alkyl halides is 3. The third-order valence-corrected chi connectivity index (χ3v) is 5.32. The number of guanidine groups is 1. The van der Waals surface area contributed by atoms with Crippen LogP contribution in [0.1, 0.15) is 17.5 Å². The predicted molar refractivity (Wildman–Crippen MR) is 108 cm³/mol. The van der Waals surface area contributed by atoms with Gasteiger partial charge in [0.15, 0.2) is 11.7 Å². The number of benzene rings is 2. The van der Waals surface area contributed by atoms with Crippen molar-refractivity contribution in [2.75, 3.05) is 13.1 Å². The molecule has 0 bridgehead atoms. The molecule has 2 aliphatic heterocycles. The Morgan fingerprint density at radius 1 is 1.17 bits per heavy atom. The molecule has 2 aromatic rings. The van der Waals surface area contributed by atoms with E-state index in [4.69, 9.17) is 9.98 Å². The number of halogens is 4. The molecule has 2 aliphatic rings. The zero-order chi connectivity index (χ0) is 21.4. The highest BCUT2D eigenvalue weighted by atomic mass is 79.9. The summed E-state index contributed by atoms with van der Waals surface area (Å²) in [6.45, 7) is 1.21. The van der Waals surface area contributed by atoms with Crippen LogP contribution >= 0.6 is 15.9 Å². The van der Waals surface area contributed by atoms with Gasteiger partial charge in [-0.1, -0.05) is 40.2 Å². The van der Waals surface area contributed by atoms with E-state index >= 15 is 0 Å². The van der Waals surface area contributed by atoms with Crippen LogP contribution in [0, 0.1) is 11.5 Å². The molecule has 30 heavy (non-hydrogen) atoms. The van der Waals surface area contributed by atoms with Crippen molar-refractivity contribution in [1.29, 1.82) is 5.26 Å². The molecule has 6 nitrogen and oxygen atoms in total. The van der Waals surface area contributed by atoms with E-state index in [1.165, 1.54) is 24.3 Å². The summed E-state index contributed by atoms with van der Waals surface area (Å²) in [4.78, 5) is 11.4. The average molecular weight is 478 g/mol. The Hall–Kier alpha value is -3.06. The van der Waals surface area contributed by atoms with Gasteiger partial charge in [0.1, 0.15) is 11.6 Å². The van der Waals surface area contributed by atoms with Crippen molar-refractivity contribution in [3.05, 3.63) is 64.1 Å². The second kappa shape index (κ2) is 7.65. The summed E-state index contributed by atoms with van der Waals surface area (Å²) >= 11 is 3.47. The fourth-order valence-electron chi connectivity index (χ4n) is 3.70. The zero-order valence-corrected chi connectivity index (χ0v) is 17.0. The fraction of sp³-hybridized carbons (Fsp3) is 0.250. The normalized spacial score (nSPS) is 20.7. The highest BCUT2D eigenvalue weighted by Gasteiger charge is 2.50. The smallest absolute Gasteiger partial charge is 0.406 e. The maximum absolute atomic E-state index is 12.6. The Morgan fingerprint density at radius 3 is 2.60 bits per heavy atom. The van der Waals surface area contributed by atoms with E-state index in [1.807, 2.05) is 35.4 Å². The Balaban J connectivity index is 1.90. The van der Waals surface area contributed by atoms with E-state index in [0.717, 1.165) is 16.5 Å². The van der Waals surface area contributed by atoms with Gasteiger partial charge in [-0.05, 0) is 41.8 Å². The molecule has 0 aromatic heterocycles. The van der Waals surface area contributed by atoms with Crippen molar-refractivity contribution in [1.82, 2.24) is 10.2 Å². The summed E-state index contributed by atoms with van der Waals surface area (Å²) in [7, 11) is 0. The molecule has 0 spiro atoms. The summed E-state index contributed by atoms with van der Waals surface area (Å²) in [5, 5.41) is 11.8. The van der Waals surface area contributed by atoms with Crippen LogP contribution in [-0.4, -0.2) is 36.1 Å². The topological polar surface area (TPSA) is 73.0 Å². The third-order valence-electron chi connectivity index (χ3n) is 4.83. The number of nitrogens with one attached hydrogen (secondary N) is 1. The van der Waals surface area contributed by atoms with Gasteiger partial charge in [0.05, 0.1) is 0 Å². The second-order valence-corrected chi connectivity index (χ2v) is 7.59. The maximum Gasteiger partial charge on any atom is 0.573 e. The first-order valence-electron chi connectivity index (χ1n) is 9.03. The first kappa shape index (κ1) is 20.2. The van der Waals surface area contributed by atoms with Gasteiger partial charge in [0.2, 0.25) is 5.96 Å². The number of aliphatic imine (C=N–C) groups is 2. The molecule has 1 unspecified atom stereocenters. The monoisotopic (exact) mass is 477 g/mol. The van der Waals surface area contributed by atoms with Gasteiger partial charge in [-0.25, -0.2) is 4.99 Å². The van der Waals surface area contributed by atoms with Crippen LogP contribution in [0.15, 0.2) is 63.0 Å². The number of hydrogen-bond donors (Lipinski definition) is 1. The van der Waals surface area contributed by atoms with Crippen molar-refractivity contribution in [3.8, 4) is 11.9 Å². The summed E-state index contributed by atoms with van der Waals surface area (Å²) in [6, 6.07) is 13.1. The number of nitriles is 1. The summed E-state index contributed by atoms with van der Waals surface area (Å²) in [5.74, 6) is 0.649. The fourth-order valence-corrected chi connectivity index (χ4v) is 4.10. The highest BCUT2D eigenvalue weighted by Crippen LogP contribution is 2.43. The van der Waals surface area contributed by atoms with Crippen molar-refractivity contribution < 1.29 is 17.9 Å². The Kier molecular flexibility index (Phi) is 5.15. The van der Waals surface area contributed by atoms with Crippen LogP contribution in [0.25, 0.3) is 0 Å². The van der Waals surface area contributed by atoms with E-state index < -0.39 is 11.9 Å². The van der Waals surface area contributed by atoms with E-state index in [1.54, 1.807) is 0 Å². The van der Waals surface area contributed by atoms with Gasteiger partial charge in [-0.15, -0.1) is 13.2 Å². The van der Waals surface area contributed by atoms with Crippen LogP contribution in [0.5, 0.6) is 5.75 Å². The van der Waals surface area contributed by atoms with Crippen LogP contribution in [0.3, 0.4) is 0 Å². The van der Waals surface area contributed by atoms with Gasteiger partial charge < -0.3 is 4.74 Å².